The van der Waals surface area contributed by atoms with Crippen LogP contribution in [0, 0.1) is 12.7 Å². The van der Waals surface area contributed by atoms with Gasteiger partial charge in [0.15, 0.2) is 5.96 Å². The van der Waals surface area contributed by atoms with E-state index in [2.05, 4.69) is 33.6 Å². The maximum atomic E-state index is 13.3. The summed E-state index contributed by atoms with van der Waals surface area (Å²) in [6.07, 6.45) is 5.94. The topological polar surface area (TPSA) is 54.7 Å². The summed E-state index contributed by atoms with van der Waals surface area (Å²) in [5.41, 5.74) is 0.995. The highest BCUT2D eigenvalue weighted by Gasteiger charge is 2.28. The molecule has 29 heavy (non-hydrogen) atoms. The number of guanidine groups is 1. The lowest BCUT2D eigenvalue weighted by atomic mass is 10.1. The number of hydrogen-bond donors (Lipinski definition) is 1. The highest BCUT2D eigenvalue weighted by molar-refractivity contribution is 5.80. The monoisotopic (exact) mass is 401 g/mol. The van der Waals surface area contributed by atoms with Crippen molar-refractivity contribution in [3.63, 3.8) is 0 Å². The molecule has 1 N–H and O–H groups in total. The molecule has 0 amide bonds. The van der Waals surface area contributed by atoms with Crippen molar-refractivity contribution in [2.24, 2.45) is 4.99 Å². The molecule has 3 rings (SSSR count). The van der Waals surface area contributed by atoms with Gasteiger partial charge in [-0.15, -0.1) is 0 Å². The van der Waals surface area contributed by atoms with Gasteiger partial charge in [0.05, 0.1) is 12.6 Å². The minimum absolute atomic E-state index is 0.0758. The normalized spacial score (nSPS) is 20.1. The van der Waals surface area contributed by atoms with Gasteiger partial charge in [-0.3, -0.25) is 4.99 Å². The van der Waals surface area contributed by atoms with Gasteiger partial charge in [0.2, 0.25) is 0 Å². The highest BCUT2D eigenvalue weighted by Crippen LogP contribution is 2.25. The molecular formula is C22H32FN5O. The first kappa shape index (κ1) is 21.3. The van der Waals surface area contributed by atoms with Crippen LogP contribution >= 0.6 is 0 Å². The second-order valence-corrected chi connectivity index (χ2v) is 7.50. The van der Waals surface area contributed by atoms with Gasteiger partial charge in [0.25, 0.3) is 0 Å². The molecule has 1 aliphatic heterocycles. The van der Waals surface area contributed by atoms with Gasteiger partial charge in [0, 0.05) is 38.6 Å². The third-order valence-corrected chi connectivity index (χ3v) is 5.13. The molecule has 0 bridgehead atoms. The van der Waals surface area contributed by atoms with Crippen molar-refractivity contribution in [1.29, 1.82) is 0 Å². The summed E-state index contributed by atoms with van der Waals surface area (Å²) in [6, 6.07) is 6.59. The summed E-state index contributed by atoms with van der Waals surface area (Å²) < 4.78 is 21.5. The number of unbranched alkanes of at least 4 members (excludes halogenated alkanes) is 1. The number of aryl methyl sites for hydroxylation is 2. The zero-order chi connectivity index (χ0) is 20.6. The summed E-state index contributed by atoms with van der Waals surface area (Å²) in [6.45, 7) is 10.2. The van der Waals surface area contributed by atoms with Gasteiger partial charge in [-0.05, 0) is 51.3 Å². The van der Waals surface area contributed by atoms with Crippen molar-refractivity contribution in [1.82, 2.24) is 19.8 Å². The predicted molar refractivity (Wildman–Crippen MR) is 113 cm³/mol. The van der Waals surface area contributed by atoms with E-state index >= 15 is 0 Å². The molecule has 6 nitrogen and oxygen atoms in total. The first-order chi connectivity index (χ1) is 14.1. The van der Waals surface area contributed by atoms with Crippen LogP contribution in [0.2, 0.25) is 0 Å². The minimum atomic E-state index is -0.227. The Morgan fingerprint density at radius 3 is 2.76 bits per heavy atom. The largest absolute Gasteiger partial charge is 0.367 e. The number of morpholine rings is 1. The zero-order valence-electron chi connectivity index (χ0n) is 17.6. The maximum absolute atomic E-state index is 13.3. The number of aromatic nitrogens is 2. The molecule has 0 saturated carbocycles. The van der Waals surface area contributed by atoms with E-state index < -0.39 is 0 Å². The highest BCUT2D eigenvalue weighted by atomic mass is 19.1. The van der Waals surface area contributed by atoms with Crippen LogP contribution in [-0.2, 0) is 11.3 Å². The molecule has 1 aromatic carbocycles. The lowest BCUT2D eigenvalue weighted by Gasteiger charge is -2.38. The molecule has 1 saturated heterocycles. The Morgan fingerprint density at radius 1 is 1.28 bits per heavy atom. The molecule has 158 valence electrons. The van der Waals surface area contributed by atoms with Crippen LogP contribution < -0.4 is 5.32 Å². The molecule has 1 aromatic heterocycles. The first-order valence-electron chi connectivity index (χ1n) is 10.5. The van der Waals surface area contributed by atoms with E-state index in [0.29, 0.717) is 6.54 Å². The predicted octanol–water partition coefficient (Wildman–Crippen LogP) is 3.54. The molecule has 0 radical (unpaired) electrons. The van der Waals surface area contributed by atoms with Crippen LogP contribution in [0.4, 0.5) is 4.39 Å². The lowest BCUT2D eigenvalue weighted by Crippen LogP contribution is -2.50. The Morgan fingerprint density at radius 2 is 2.07 bits per heavy atom. The van der Waals surface area contributed by atoms with Gasteiger partial charge in [-0.1, -0.05) is 12.1 Å². The average molecular weight is 402 g/mol. The van der Waals surface area contributed by atoms with Crippen molar-refractivity contribution in [2.75, 3.05) is 26.2 Å². The van der Waals surface area contributed by atoms with E-state index in [0.717, 1.165) is 56.4 Å². The SMILES string of the molecule is CCNC(=NCCCCn1ccnc1C)N1CC(C)OC(c2ccc(F)cc2)C1. The molecule has 2 unspecified atom stereocenters. The summed E-state index contributed by atoms with van der Waals surface area (Å²) in [7, 11) is 0. The van der Waals surface area contributed by atoms with Gasteiger partial charge in [-0.2, -0.15) is 0 Å². The number of nitrogens with zero attached hydrogens (tertiary/aromatic N) is 4. The maximum Gasteiger partial charge on any atom is 0.194 e. The minimum Gasteiger partial charge on any atom is -0.367 e. The first-order valence-corrected chi connectivity index (χ1v) is 10.5. The third kappa shape index (κ3) is 6.03. The quantitative estimate of drug-likeness (QED) is 0.438. The van der Waals surface area contributed by atoms with E-state index in [4.69, 9.17) is 9.73 Å². The van der Waals surface area contributed by atoms with Crippen molar-refractivity contribution in [2.45, 2.75) is 52.4 Å². The number of imidazole rings is 1. The van der Waals surface area contributed by atoms with Crippen LogP contribution in [0.25, 0.3) is 0 Å². The van der Waals surface area contributed by atoms with E-state index in [1.807, 2.05) is 19.3 Å². The number of aliphatic imine (C=N–C) groups is 1. The Hall–Kier alpha value is -2.41. The van der Waals surface area contributed by atoms with Crippen molar-refractivity contribution < 1.29 is 9.13 Å². The number of rotatable bonds is 7. The fraction of sp³-hybridized carbons (Fsp3) is 0.545. The number of hydrogen-bond acceptors (Lipinski definition) is 3. The molecule has 1 fully saturated rings. The van der Waals surface area contributed by atoms with E-state index in [9.17, 15) is 4.39 Å². The standard InChI is InChI=1S/C22H32FN5O/c1-4-24-22(26-11-5-6-13-27-14-12-25-18(27)3)28-15-17(2)29-21(16-28)19-7-9-20(23)10-8-19/h7-10,12,14,17,21H,4-6,11,13,15-16H2,1-3H3,(H,24,26). The molecule has 1 aliphatic rings. The van der Waals surface area contributed by atoms with Crippen LogP contribution in [0.1, 0.15) is 44.2 Å². The summed E-state index contributed by atoms with van der Waals surface area (Å²) >= 11 is 0. The van der Waals surface area contributed by atoms with Crippen molar-refractivity contribution in [3.8, 4) is 0 Å². The van der Waals surface area contributed by atoms with Gasteiger partial charge in [-0.25, -0.2) is 9.37 Å². The lowest BCUT2D eigenvalue weighted by molar-refractivity contribution is -0.0605. The van der Waals surface area contributed by atoms with Gasteiger partial charge in [0.1, 0.15) is 17.7 Å². The Bertz CT molecular complexity index is 789. The third-order valence-electron chi connectivity index (χ3n) is 5.13. The summed E-state index contributed by atoms with van der Waals surface area (Å²) in [4.78, 5) is 11.4. The molecule has 2 heterocycles. The Balaban J connectivity index is 1.58. The number of nitrogens with one attached hydrogen (secondary N) is 1. The number of halogens is 1. The van der Waals surface area contributed by atoms with Crippen LogP contribution in [-0.4, -0.2) is 52.7 Å². The second kappa shape index (κ2) is 10.4. The van der Waals surface area contributed by atoms with E-state index in [-0.39, 0.29) is 18.0 Å². The summed E-state index contributed by atoms with van der Waals surface area (Å²) in [5.74, 6) is 1.75. The Kier molecular flexibility index (Phi) is 7.63. The zero-order valence-corrected chi connectivity index (χ0v) is 17.6. The molecule has 0 aliphatic carbocycles. The molecule has 2 atom stereocenters. The fourth-order valence-corrected chi connectivity index (χ4v) is 3.63. The smallest absolute Gasteiger partial charge is 0.194 e. The van der Waals surface area contributed by atoms with Crippen LogP contribution in [0.3, 0.4) is 0 Å². The average Bonchev–Trinajstić information content (AvgIpc) is 3.11. The van der Waals surface area contributed by atoms with E-state index in [1.54, 1.807) is 12.1 Å². The molecule has 2 aromatic rings. The molecular weight excluding hydrogens is 369 g/mol. The van der Waals surface area contributed by atoms with E-state index in [1.165, 1.54) is 12.1 Å². The molecule has 7 heteroatoms. The van der Waals surface area contributed by atoms with Crippen molar-refractivity contribution in [3.05, 3.63) is 53.9 Å². The van der Waals surface area contributed by atoms with Crippen molar-refractivity contribution >= 4 is 5.96 Å². The van der Waals surface area contributed by atoms with Gasteiger partial charge < -0.3 is 19.5 Å². The fourth-order valence-electron chi connectivity index (χ4n) is 3.63. The Labute approximate surface area is 172 Å². The summed E-state index contributed by atoms with van der Waals surface area (Å²) in [5, 5.41) is 3.41. The van der Waals surface area contributed by atoms with Crippen LogP contribution in [0.15, 0.2) is 41.7 Å². The van der Waals surface area contributed by atoms with Crippen LogP contribution in [0.5, 0.6) is 0 Å². The number of ether oxygens (including phenoxy) is 1. The molecule has 0 spiro atoms. The second-order valence-electron chi connectivity index (χ2n) is 7.50. The number of benzene rings is 1. The van der Waals surface area contributed by atoms with Gasteiger partial charge >= 0.3 is 0 Å².